The van der Waals surface area contributed by atoms with Gasteiger partial charge in [0, 0.05) is 11.6 Å². The van der Waals surface area contributed by atoms with Crippen molar-refractivity contribution in [3.8, 4) is 17.6 Å². The van der Waals surface area contributed by atoms with Crippen molar-refractivity contribution in [2.24, 2.45) is 0 Å². The van der Waals surface area contributed by atoms with Crippen LogP contribution in [-0.4, -0.2) is 11.6 Å². The first kappa shape index (κ1) is 18.6. The zero-order chi connectivity index (χ0) is 19.1. The van der Waals surface area contributed by atoms with E-state index in [1.165, 1.54) is 0 Å². The number of hydrogen-bond donors (Lipinski definition) is 1. The van der Waals surface area contributed by atoms with Gasteiger partial charge in [0.2, 0.25) is 17.5 Å². The molecular weight excluding hydrogens is 366 g/mol. The zero-order valence-electron chi connectivity index (χ0n) is 14.7. The molecule has 27 heavy (non-hydrogen) atoms. The van der Waals surface area contributed by atoms with E-state index in [1.54, 1.807) is 24.3 Å². The van der Waals surface area contributed by atoms with Crippen LogP contribution in [0.2, 0.25) is 5.02 Å². The minimum absolute atomic E-state index is 0.116. The number of oxazole rings is 1. The van der Waals surface area contributed by atoms with Gasteiger partial charge in [-0.1, -0.05) is 23.7 Å². The average Bonchev–Trinajstić information content (AvgIpc) is 3.09. The van der Waals surface area contributed by atoms with Crippen molar-refractivity contribution in [2.45, 2.75) is 20.1 Å². The fourth-order valence-electron chi connectivity index (χ4n) is 2.35. The summed E-state index contributed by atoms with van der Waals surface area (Å²) in [6.07, 6.45) is 0. The lowest BCUT2D eigenvalue weighted by atomic mass is 10.2. The molecule has 1 aromatic heterocycles. The topological polar surface area (TPSA) is 80.3 Å². The summed E-state index contributed by atoms with van der Waals surface area (Å²) in [4.78, 5) is 4.16. The minimum Gasteiger partial charge on any atom is -0.494 e. The van der Waals surface area contributed by atoms with E-state index in [0.717, 1.165) is 11.3 Å². The first-order valence-corrected chi connectivity index (χ1v) is 8.79. The second kappa shape index (κ2) is 8.97. The van der Waals surface area contributed by atoms with Crippen molar-refractivity contribution in [3.63, 3.8) is 0 Å². The Labute approximate surface area is 162 Å². The molecule has 0 aliphatic carbocycles. The summed E-state index contributed by atoms with van der Waals surface area (Å²) in [5.41, 5.74) is 1.20. The maximum Gasteiger partial charge on any atom is 0.236 e. The maximum absolute atomic E-state index is 9.25. The summed E-state index contributed by atoms with van der Waals surface area (Å²) in [6.45, 7) is 3.14. The average molecular weight is 384 g/mol. The Bertz CT molecular complexity index is 915. The molecule has 1 heterocycles. The number of nitrogens with one attached hydrogen (secondary N) is 1. The van der Waals surface area contributed by atoms with Gasteiger partial charge in [0.15, 0.2) is 6.61 Å². The van der Waals surface area contributed by atoms with E-state index in [2.05, 4.69) is 10.3 Å². The molecule has 7 heteroatoms. The number of aromatic nitrogens is 1. The van der Waals surface area contributed by atoms with Gasteiger partial charge in [0.25, 0.3) is 0 Å². The van der Waals surface area contributed by atoms with E-state index in [1.807, 2.05) is 37.3 Å². The smallest absolute Gasteiger partial charge is 0.236 e. The van der Waals surface area contributed by atoms with Gasteiger partial charge in [-0.2, -0.15) is 10.2 Å². The lowest BCUT2D eigenvalue weighted by molar-refractivity contribution is 0.264. The van der Waals surface area contributed by atoms with Crippen molar-refractivity contribution >= 4 is 17.5 Å². The van der Waals surface area contributed by atoms with Crippen LogP contribution in [0.4, 0.5) is 5.88 Å². The molecule has 6 nitrogen and oxygen atoms in total. The van der Waals surface area contributed by atoms with E-state index in [9.17, 15) is 5.26 Å². The van der Waals surface area contributed by atoms with E-state index < -0.39 is 0 Å². The van der Waals surface area contributed by atoms with Crippen LogP contribution in [0.3, 0.4) is 0 Å². The third-order valence-electron chi connectivity index (χ3n) is 3.64. The minimum atomic E-state index is 0.116. The van der Waals surface area contributed by atoms with Crippen molar-refractivity contribution in [2.75, 3.05) is 11.9 Å². The highest BCUT2D eigenvalue weighted by atomic mass is 35.5. The van der Waals surface area contributed by atoms with Crippen LogP contribution in [0.1, 0.15) is 24.1 Å². The predicted octanol–water partition coefficient (Wildman–Crippen LogP) is 4.79. The van der Waals surface area contributed by atoms with Gasteiger partial charge in [-0.3, -0.25) is 0 Å². The molecule has 3 aromatic rings. The number of hydrogen-bond acceptors (Lipinski definition) is 6. The predicted molar refractivity (Wildman–Crippen MR) is 102 cm³/mol. The summed E-state index contributed by atoms with van der Waals surface area (Å²) in [5.74, 6) is 2.07. The number of nitriles is 1. The molecule has 0 aliphatic rings. The molecule has 3 rings (SSSR count). The first-order valence-electron chi connectivity index (χ1n) is 8.41. The third-order valence-corrected chi connectivity index (χ3v) is 3.89. The molecule has 0 amide bonds. The molecule has 0 bridgehead atoms. The number of ether oxygens (including phenoxy) is 2. The second-order valence-corrected chi connectivity index (χ2v) is 6.01. The first-order chi connectivity index (χ1) is 13.2. The van der Waals surface area contributed by atoms with E-state index in [4.69, 9.17) is 25.5 Å². The van der Waals surface area contributed by atoms with Crippen LogP contribution in [0, 0.1) is 11.3 Å². The molecule has 2 aromatic carbocycles. The molecule has 0 atom stereocenters. The Balaban J connectivity index is 1.60. The molecule has 0 unspecified atom stereocenters. The standard InChI is InChI=1S/C20H18ClN3O3/c1-2-25-16-7-9-17(10-8-16)26-13-19-24-18(11-22)20(27-19)23-12-14-3-5-15(21)6-4-14/h3-10,23H,2,12-13H2,1H3. The molecule has 1 N–H and O–H groups in total. The summed E-state index contributed by atoms with van der Waals surface area (Å²) < 4.78 is 16.7. The van der Waals surface area contributed by atoms with Crippen molar-refractivity contribution in [1.29, 1.82) is 5.26 Å². The Morgan fingerprint density at radius 2 is 1.74 bits per heavy atom. The number of nitrogens with zero attached hydrogens (tertiary/aromatic N) is 2. The molecule has 0 radical (unpaired) electrons. The fraction of sp³-hybridized carbons (Fsp3) is 0.200. The van der Waals surface area contributed by atoms with Gasteiger partial charge in [-0.25, -0.2) is 0 Å². The Kier molecular flexibility index (Phi) is 6.18. The van der Waals surface area contributed by atoms with Crippen molar-refractivity contribution < 1.29 is 13.9 Å². The van der Waals surface area contributed by atoms with Gasteiger partial charge in [-0.05, 0) is 48.9 Å². The highest BCUT2D eigenvalue weighted by molar-refractivity contribution is 6.30. The van der Waals surface area contributed by atoms with Crippen LogP contribution >= 0.6 is 11.6 Å². The monoisotopic (exact) mass is 383 g/mol. The zero-order valence-corrected chi connectivity index (χ0v) is 15.5. The van der Waals surface area contributed by atoms with Crippen LogP contribution in [-0.2, 0) is 13.2 Å². The fourth-order valence-corrected chi connectivity index (χ4v) is 2.48. The Hall–Kier alpha value is -3.17. The van der Waals surface area contributed by atoms with E-state index >= 15 is 0 Å². The van der Waals surface area contributed by atoms with Crippen LogP contribution in [0.25, 0.3) is 0 Å². The highest BCUT2D eigenvalue weighted by Gasteiger charge is 2.13. The summed E-state index contributed by atoms with van der Waals surface area (Å²) in [5, 5.41) is 13.0. The SMILES string of the molecule is CCOc1ccc(OCc2nc(C#N)c(NCc3ccc(Cl)cc3)o2)cc1. The van der Waals surface area contributed by atoms with E-state index in [0.29, 0.717) is 35.7 Å². The van der Waals surface area contributed by atoms with Gasteiger partial charge >= 0.3 is 0 Å². The van der Waals surface area contributed by atoms with Crippen LogP contribution in [0.5, 0.6) is 11.5 Å². The Morgan fingerprint density at radius 3 is 2.37 bits per heavy atom. The molecule has 0 saturated carbocycles. The largest absolute Gasteiger partial charge is 0.494 e. The lowest BCUT2D eigenvalue weighted by Gasteiger charge is -2.06. The van der Waals surface area contributed by atoms with Crippen LogP contribution in [0.15, 0.2) is 52.9 Å². The quantitative estimate of drug-likeness (QED) is 0.602. The highest BCUT2D eigenvalue weighted by Crippen LogP contribution is 2.21. The van der Waals surface area contributed by atoms with Gasteiger partial charge in [0.1, 0.15) is 17.6 Å². The second-order valence-electron chi connectivity index (χ2n) is 5.57. The summed E-state index contributed by atoms with van der Waals surface area (Å²) in [7, 11) is 0. The lowest BCUT2D eigenvalue weighted by Crippen LogP contribution is -1.99. The summed E-state index contributed by atoms with van der Waals surface area (Å²) in [6, 6.07) is 16.7. The number of rotatable bonds is 8. The normalized spacial score (nSPS) is 10.3. The molecule has 0 fully saturated rings. The Morgan fingerprint density at radius 1 is 1.07 bits per heavy atom. The van der Waals surface area contributed by atoms with E-state index in [-0.39, 0.29) is 12.3 Å². The summed E-state index contributed by atoms with van der Waals surface area (Å²) >= 11 is 5.88. The molecule has 138 valence electrons. The number of halogens is 1. The van der Waals surface area contributed by atoms with Crippen LogP contribution < -0.4 is 14.8 Å². The molecule has 0 aliphatic heterocycles. The number of benzene rings is 2. The molecule has 0 spiro atoms. The maximum atomic E-state index is 9.25. The van der Waals surface area contributed by atoms with Gasteiger partial charge in [-0.15, -0.1) is 0 Å². The van der Waals surface area contributed by atoms with Crippen molar-refractivity contribution in [1.82, 2.24) is 4.98 Å². The van der Waals surface area contributed by atoms with Gasteiger partial charge in [0.05, 0.1) is 6.61 Å². The number of anilines is 1. The molecular formula is C20H18ClN3O3. The molecule has 0 saturated heterocycles. The third kappa shape index (κ3) is 5.16. The van der Waals surface area contributed by atoms with Crippen molar-refractivity contribution in [3.05, 3.63) is 70.7 Å². The van der Waals surface area contributed by atoms with Gasteiger partial charge < -0.3 is 19.2 Å².